The van der Waals surface area contributed by atoms with Gasteiger partial charge >= 0.3 is 0 Å². The van der Waals surface area contributed by atoms with Crippen LogP contribution in [0.5, 0.6) is 0 Å². The van der Waals surface area contributed by atoms with Gasteiger partial charge in [-0.2, -0.15) is 0 Å². The van der Waals surface area contributed by atoms with Crippen molar-refractivity contribution in [3.8, 4) is 11.3 Å². The molecule has 0 bridgehead atoms. The van der Waals surface area contributed by atoms with Gasteiger partial charge in [0.1, 0.15) is 22.2 Å². The van der Waals surface area contributed by atoms with Crippen LogP contribution in [0.3, 0.4) is 0 Å². The van der Waals surface area contributed by atoms with Gasteiger partial charge in [-0.3, -0.25) is 19.5 Å². The minimum Gasteiger partial charge on any atom is -0.456 e. The van der Waals surface area contributed by atoms with E-state index in [-0.39, 0.29) is 11.2 Å². The number of aryl methyl sites for hydroxylation is 2. The van der Waals surface area contributed by atoms with E-state index in [1.807, 2.05) is 19.9 Å². The predicted molar refractivity (Wildman–Crippen MR) is 117 cm³/mol. The zero-order valence-corrected chi connectivity index (χ0v) is 17.2. The number of nitrogens with zero attached hydrogens (tertiary/aromatic N) is 3. The number of nitro groups is 1. The summed E-state index contributed by atoms with van der Waals surface area (Å²) in [5, 5.41) is 12.0. The van der Waals surface area contributed by atoms with E-state index in [0.29, 0.717) is 41.3 Å². The molecule has 0 amide bonds. The number of rotatable bonds is 3. The number of thiophene rings is 1. The molecule has 1 aromatic carbocycles. The number of fused-ring (bicyclic) bond motifs is 2. The minimum atomic E-state index is -0.421. The molecule has 0 fully saturated rings. The molecule has 0 saturated heterocycles. The van der Waals surface area contributed by atoms with Gasteiger partial charge in [-0.05, 0) is 50.1 Å². The van der Waals surface area contributed by atoms with Gasteiger partial charge in [0.15, 0.2) is 0 Å². The molecule has 0 atom stereocenters. The van der Waals surface area contributed by atoms with E-state index in [1.165, 1.54) is 17.4 Å². The molecule has 4 aromatic rings. The molecule has 150 valence electrons. The van der Waals surface area contributed by atoms with Crippen molar-refractivity contribution in [1.82, 2.24) is 9.55 Å². The molecular weight excluding hydrogens is 402 g/mol. The summed E-state index contributed by atoms with van der Waals surface area (Å²) in [5.74, 6) is 1.66. The normalized spacial score (nSPS) is 14.5. The Bertz CT molecular complexity index is 1420. The van der Waals surface area contributed by atoms with Crippen LogP contribution in [-0.2, 0) is 6.54 Å². The number of para-hydroxylation sites is 1. The molecule has 0 aliphatic carbocycles. The number of nitro benzene ring substituents is 1. The highest BCUT2D eigenvalue weighted by Gasteiger charge is 2.24. The van der Waals surface area contributed by atoms with Gasteiger partial charge < -0.3 is 4.42 Å². The van der Waals surface area contributed by atoms with Crippen LogP contribution < -0.4 is 5.56 Å². The fraction of sp³-hybridized carbons (Fsp3) is 0.182. The maximum atomic E-state index is 13.0. The first-order chi connectivity index (χ1) is 14.4. The van der Waals surface area contributed by atoms with E-state index in [0.717, 1.165) is 20.8 Å². The molecule has 4 heterocycles. The molecule has 1 aliphatic rings. The van der Waals surface area contributed by atoms with Crippen molar-refractivity contribution in [3.63, 3.8) is 0 Å². The van der Waals surface area contributed by atoms with Crippen LogP contribution >= 0.6 is 11.3 Å². The average Bonchev–Trinajstić information content (AvgIpc) is 3.42. The second-order valence-corrected chi connectivity index (χ2v) is 8.45. The summed E-state index contributed by atoms with van der Waals surface area (Å²) in [6.07, 6.45) is 2.54. The molecule has 0 unspecified atom stereocenters. The SMILES string of the molecule is Cc1sc2nc3n(c(=O)c2c1C)CC/C3=C/c1ccc(-c2ccccc2[N+](=O)[O-])o1. The number of aromatic nitrogens is 2. The van der Waals surface area contributed by atoms with E-state index in [1.54, 1.807) is 34.9 Å². The van der Waals surface area contributed by atoms with Crippen molar-refractivity contribution >= 4 is 38.9 Å². The lowest BCUT2D eigenvalue weighted by Gasteiger charge is -2.03. The van der Waals surface area contributed by atoms with E-state index in [2.05, 4.69) is 0 Å². The van der Waals surface area contributed by atoms with Crippen molar-refractivity contribution < 1.29 is 9.34 Å². The van der Waals surface area contributed by atoms with Gasteiger partial charge in [0, 0.05) is 23.1 Å². The minimum absolute atomic E-state index is 0.000272. The Morgan fingerprint density at radius 2 is 2.03 bits per heavy atom. The van der Waals surface area contributed by atoms with Crippen LogP contribution in [0.25, 0.3) is 33.2 Å². The van der Waals surface area contributed by atoms with Crippen LogP contribution in [-0.4, -0.2) is 14.5 Å². The van der Waals surface area contributed by atoms with Crippen molar-refractivity contribution in [2.45, 2.75) is 26.8 Å². The van der Waals surface area contributed by atoms with Crippen molar-refractivity contribution in [2.24, 2.45) is 0 Å². The quantitative estimate of drug-likeness (QED) is 0.337. The zero-order chi connectivity index (χ0) is 21.0. The maximum Gasteiger partial charge on any atom is 0.280 e. The van der Waals surface area contributed by atoms with Crippen molar-refractivity contribution in [3.05, 3.63) is 78.9 Å². The summed E-state index contributed by atoms with van der Waals surface area (Å²) in [7, 11) is 0. The van der Waals surface area contributed by atoms with E-state index in [9.17, 15) is 14.9 Å². The lowest BCUT2D eigenvalue weighted by atomic mass is 10.1. The third-order valence-electron chi connectivity index (χ3n) is 5.49. The second kappa shape index (κ2) is 6.77. The number of hydrogen-bond acceptors (Lipinski definition) is 6. The predicted octanol–water partition coefficient (Wildman–Crippen LogP) is 5.19. The van der Waals surface area contributed by atoms with Gasteiger partial charge in [0.05, 0.1) is 15.9 Å². The molecule has 0 N–H and O–H groups in total. The molecule has 7 nitrogen and oxygen atoms in total. The fourth-order valence-electron chi connectivity index (χ4n) is 3.85. The number of furan rings is 1. The lowest BCUT2D eigenvalue weighted by molar-refractivity contribution is -0.384. The molecule has 0 radical (unpaired) electrons. The third-order valence-corrected chi connectivity index (χ3v) is 6.59. The van der Waals surface area contributed by atoms with Crippen molar-refractivity contribution in [1.29, 1.82) is 0 Å². The van der Waals surface area contributed by atoms with Crippen molar-refractivity contribution in [2.75, 3.05) is 0 Å². The molecule has 1 aliphatic heterocycles. The van der Waals surface area contributed by atoms with Gasteiger partial charge in [0.25, 0.3) is 11.2 Å². The Labute approximate surface area is 175 Å². The number of allylic oxidation sites excluding steroid dienone is 1. The summed E-state index contributed by atoms with van der Waals surface area (Å²) >= 11 is 1.53. The molecule has 30 heavy (non-hydrogen) atoms. The highest BCUT2D eigenvalue weighted by Crippen LogP contribution is 2.34. The number of hydrogen-bond donors (Lipinski definition) is 0. The van der Waals surface area contributed by atoms with E-state index in [4.69, 9.17) is 9.40 Å². The smallest absolute Gasteiger partial charge is 0.280 e. The summed E-state index contributed by atoms with van der Waals surface area (Å²) in [4.78, 5) is 30.5. The van der Waals surface area contributed by atoms with Gasteiger partial charge in [-0.25, -0.2) is 4.98 Å². The fourth-order valence-corrected chi connectivity index (χ4v) is 4.87. The first kappa shape index (κ1) is 18.5. The van der Waals surface area contributed by atoms with Gasteiger partial charge in [-0.15, -0.1) is 11.3 Å². The molecule has 5 rings (SSSR count). The molecule has 0 spiro atoms. The summed E-state index contributed by atoms with van der Waals surface area (Å²) in [6.45, 7) is 4.54. The number of benzene rings is 1. The summed E-state index contributed by atoms with van der Waals surface area (Å²) in [5.41, 5.74) is 2.35. The Hall–Kier alpha value is -3.52. The maximum absolute atomic E-state index is 13.0. The monoisotopic (exact) mass is 419 g/mol. The topological polar surface area (TPSA) is 91.2 Å². The Kier molecular flexibility index (Phi) is 4.18. The first-order valence-electron chi connectivity index (χ1n) is 9.49. The lowest BCUT2D eigenvalue weighted by Crippen LogP contribution is -2.20. The Morgan fingerprint density at radius 1 is 1.23 bits per heavy atom. The average molecular weight is 419 g/mol. The third kappa shape index (κ3) is 2.80. The largest absolute Gasteiger partial charge is 0.456 e. The van der Waals surface area contributed by atoms with E-state index >= 15 is 0 Å². The molecule has 0 saturated carbocycles. The van der Waals surface area contributed by atoms with Crippen LogP contribution in [0.15, 0.2) is 45.6 Å². The zero-order valence-electron chi connectivity index (χ0n) is 16.3. The standard InChI is InChI=1S/C22H17N3O4S/c1-12-13(2)30-21-19(12)22(26)24-10-9-14(20(24)23-21)11-15-7-8-18(29-15)16-5-3-4-6-17(16)25(27)28/h3-8,11H,9-10H2,1-2H3/b14-11-. The second-order valence-electron chi connectivity index (χ2n) is 7.25. The van der Waals surface area contributed by atoms with Crippen LogP contribution in [0.4, 0.5) is 5.69 Å². The molecule has 8 heteroatoms. The van der Waals surface area contributed by atoms with Crippen LogP contribution in [0, 0.1) is 24.0 Å². The molecular formula is C22H17N3O4S. The Morgan fingerprint density at radius 3 is 2.83 bits per heavy atom. The highest BCUT2D eigenvalue weighted by molar-refractivity contribution is 7.18. The molecule has 3 aromatic heterocycles. The van der Waals surface area contributed by atoms with Gasteiger partial charge in [-0.1, -0.05) is 12.1 Å². The van der Waals surface area contributed by atoms with Crippen LogP contribution in [0.1, 0.15) is 28.4 Å². The summed E-state index contributed by atoms with van der Waals surface area (Å²) in [6, 6.07) is 9.98. The first-order valence-corrected chi connectivity index (χ1v) is 10.3. The van der Waals surface area contributed by atoms with Gasteiger partial charge in [0.2, 0.25) is 0 Å². The Balaban J connectivity index is 1.57. The highest BCUT2D eigenvalue weighted by atomic mass is 32.1. The summed E-state index contributed by atoms with van der Waals surface area (Å²) < 4.78 is 7.61. The van der Waals surface area contributed by atoms with E-state index < -0.39 is 4.92 Å². The van der Waals surface area contributed by atoms with Crippen LogP contribution in [0.2, 0.25) is 0 Å².